The standard InChI is InChI=1S/C9H14INO3/c1-14-9(13)7-11-8(12)5-3-2-4-6-10/h4,6H,2-3,5,7H2,1H3,(H,11,12)/b6-4-. The summed E-state index contributed by atoms with van der Waals surface area (Å²) in [7, 11) is 1.29. The Morgan fingerprint density at radius 2 is 2.21 bits per heavy atom. The van der Waals surface area contributed by atoms with Crippen molar-refractivity contribution in [3.8, 4) is 0 Å². The van der Waals surface area contributed by atoms with Gasteiger partial charge in [-0.15, -0.1) is 0 Å². The van der Waals surface area contributed by atoms with Crippen LogP contribution >= 0.6 is 22.6 Å². The predicted molar refractivity (Wildman–Crippen MR) is 62.0 cm³/mol. The van der Waals surface area contributed by atoms with Gasteiger partial charge in [-0.2, -0.15) is 0 Å². The van der Waals surface area contributed by atoms with Crippen LogP contribution in [0.25, 0.3) is 0 Å². The number of nitrogens with one attached hydrogen (secondary N) is 1. The lowest BCUT2D eigenvalue weighted by Gasteiger charge is -2.02. The Balaban J connectivity index is 3.41. The van der Waals surface area contributed by atoms with Crippen LogP contribution in [0, 0.1) is 0 Å². The first-order chi connectivity index (χ1) is 6.70. The molecule has 5 heteroatoms. The Labute approximate surface area is 97.2 Å². The van der Waals surface area contributed by atoms with Crippen molar-refractivity contribution in [3.05, 3.63) is 10.2 Å². The molecule has 4 nitrogen and oxygen atoms in total. The molecule has 0 spiro atoms. The van der Waals surface area contributed by atoms with Gasteiger partial charge in [-0.1, -0.05) is 28.7 Å². The van der Waals surface area contributed by atoms with Crippen LogP contribution in [0.3, 0.4) is 0 Å². The Kier molecular flexibility index (Phi) is 8.61. The Morgan fingerprint density at radius 1 is 1.50 bits per heavy atom. The van der Waals surface area contributed by atoms with Gasteiger partial charge in [0.15, 0.2) is 0 Å². The van der Waals surface area contributed by atoms with Gasteiger partial charge in [-0.3, -0.25) is 9.59 Å². The maximum atomic E-state index is 11.1. The fraction of sp³-hybridized carbons (Fsp3) is 0.556. The zero-order chi connectivity index (χ0) is 10.8. The Bertz CT molecular complexity index is 216. The zero-order valence-electron chi connectivity index (χ0n) is 8.09. The molecule has 0 unspecified atom stereocenters. The summed E-state index contributed by atoms with van der Waals surface area (Å²) in [6.45, 7) is -0.0442. The zero-order valence-corrected chi connectivity index (χ0v) is 10.2. The summed E-state index contributed by atoms with van der Waals surface area (Å²) >= 11 is 2.13. The van der Waals surface area contributed by atoms with E-state index < -0.39 is 5.97 Å². The number of carbonyl (C=O) groups excluding carboxylic acids is 2. The number of carbonyl (C=O) groups is 2. The van der Waals surface area contributed by atoms with Gasteiger partial charge in [0.05, 0.1) is 7.11 Å². The number of hydrogen-bond acceptors (Lipinski definition) is 3. The lowest BCUT2D eigenvalue weighted by molar-refractivity contribution is -0.141. The molecule has 14 heavy (non-hydrogen) atoms. The van der Waals surface area contributed by atoms with E-state index in [1.54, 1.807) is 0 Å². The first kappa shape index (κ1) is 13.4. The summed E-state index contributed by atoms with van der Waals surface area (Å²) in [5.74, 6) is -0.539. The molecule has 0 aliphatic carbocycles. The van der Waals surface area contributed by atoms with Crippen LogP contribution in [0.2, 0.25) is 0 Å². The molecule has 0 aliphatic rings. The van der Waals surface area contributed by atoms with E-state index in [0.717, 1.165) is 12.8 Å². The summed E-state index contributed by atoms with van der Waals surface area (Å²) in [6, 6.07) is 0. The lowest BCUT2D eigenvalue weighted by Crippen LogP contribution is -2.29. The molecule has 80 valence electrons. The van der Waals surface area contributed by atoms with Crippen molar-refractivity contribution in [2.24, 2.45) is 0 Å². The monoisotopic (exact) mass is 311 g/mol. The van der Waals surface area contributed by atoms with Gasteiger partial charge in [0.1, 0.15) is 6.54 Å². The highest BCUT2D eigenvalue weighted by Crippen LogP contribution is 1.98. The highest BCUT2D eigenvalue weighted by atomic mass is 127. The lowest BCUT2D eigenvalue weighted by atomic mass is 10.2. The number of esters is 1. The molecular formula is C9H14INO3. The number of halogens is 1. The maximum absolute atomic E-state index is 11.1. The SMILES string of the molecule is COC(=O)CNC(=O)CCC/C=C\I. The average Bonchev–Trinajstić information content (AvgIpc) is 2.21. The second-order valence-corrected chi connectivity index (χ2v) is 3.33. The fourth-order valence-electron chi connectivity index (χ4n) is 0.775. The number of ether oxygens (including phenoxy) is 1. The van der Waals surface area contributed by atoms with Gasteiger partial charge in [-0.05, 0) is 16.9 Å². The van der Waals surface area contributed by atoms with Crippen LogP contribution < -0.4 is 5.32 Å². The molecule has 0 bridgehead atoms. The molecule has 0 atom stereocenters. The van der Waals surface area contributed by atoms with E-state index in [1.807, 2.05) is 10.2 Å². The van der Waals surface area contributed by atoms with E-state index in [0.29, 0.717) is 6.42 Å². The van der Waals surface area contributed by atoms with Gasteiger partial charge in [0, 0.05) is 6.42 Å². The minimum Gasteiger partial charge on any atom is -0.468 e. The van der Waals surface area contributed by atoms with Crippen molar-refractivity contribution in [3.63, 3.8) is 0 Å². The molecular weight excluding hydrogens is 297 g/mol. The number of hydrogen-bond donors (Lipinski definition) is 1. The normalized spacial score (nSPS) is 10.1. The van der Waals surface area contributed by atoms with E-state index in [4.69, 9.17) is 0 Å². The first-order valence-electron chi connectivity index (χ1n) is 4.29. The molecule has 0 rings (SSSR count). The molecule has 0 aromatic carbocycles. The predicted octanol–water partition coefficient (Wildman–Crippen LogP) is 1.39. The van der Waals surface area contributed by atoms with E-state index >= 15 is 0 Å². The van der Waals surface area contributed by atoms with Gasteiger partial charge in [-0.25, -0.2) is 0 Å². The summed E-state index contributed by atoms with van der Waals surface area (Å²) < 4.78 is 6.30. The second kappa shape index (κ2) is 8.98. The van der Waals surface area contributed by atoms with Crippen molar-refractivity contribution in [2.75, 3.05) is 13.7 Å². The molecule has 0 saturated carbocycles. The number of rotatable bonds is 6. The third kappa shape index (κ3) is 8.03. The number of unbranched alkanes of at least 4 members (excludes halogenated alkanes) is 1. The fourth-order valence-corrected chi connectivity index (χ4v) is 1.13. The number of amides is 1. The minimum absolute atomic E-state index is 0.0442. The van der Waals surface area contributed by atoms with Crippen LogP contribution in [-0.2, 0) is 14.3 Å². The number of allylic oxidation sites excluding steroid dienone is 1. The molecule has 0 saturated heterocycles. The largest absolute Gasteiger partial charge is 0.468 e. The molecule has 0 fully saturated rings. The van der Waals surface area contributed by atoms with Crippen LogP contribution in [0.15, 0.2) is 10.2 Å². The third-order valence-electron chi connectivity index (χ3n) is 1.52. The van der Waals surface area contributed by atoms with E-state index in [9.17, 15) is 9.59 Å². The van der Waals surface area contributed by atoms with Crippen molar-refractivity contribution in [1.82, 2.24) is 5.32 Å². The number of methoxy groups -OCH3 is 1. The van der Waals surface area contributed by atoms with Crippen molar-refractivity contribution < 1.29 is 14.3 Å². The summed E-state index contributed by atoms with van der Waals surface area (Å²) in [4.78, 5) is 21.7. The van der Waals surface area contributed by atoms with Crippen molar-refractivity contribution in [2.45, 2.75) is 19.3 Å². The smallest absolute Gasteiger partial charge is 0.325 e. The van der Waals surface area contributed by atoms with Crippen molar-refractivity contribution >= 4 is 34.5 Å². The maximum Gasteiger partial charge on any atom is 0.325 e. The molecule has 0 radical (unpaired) electrons. The Morgan fingerprint density at radius 3 is 2.79 bits per heavy atom. The summed E-state index contributed by atoms with van der Waals surface area (Å²) in [5.41, 5.74) is 0. The van der Waals surface area contributed by atoms with Crippen molar-refractivity contribution in [1.29, 1.82) is 0 Å². The Hall–Kier alpha value is -0.590. The van der Waals surface area contributed by atoms with E-state index in [-0.39, 0.29) is 12.5 Å². The molecule has 1 amide bonds. The molecule has 0 aromatic rings. The summed E-state index contributed by atoms with van der Waals surface area (Å²) in [6.07, 6.45) is 4.12. The molecule has 0 heterocycles. The van der Waals surface area contributed by atoms with E-state index in [1.165, 1.54) is 7.11 Å². The minimum atomic E-state index is -0.425. The molecule has 0 aromatic heterocycles. The molecule has 0 aliphatic heterocycles. The van der Waals surface area contributed by atoms with Gasteiger partial charge in [0.2, 0.25) is 5.91 Å². The van der Waals surface area contributed by atoms with E-state index in [2.05, 4.69) is 32.6 Å². The molecule has 1 N–H and O–H groups in total. The van der Waals surface area contributed by atoms with Crippen LogP contribution in [-0.4, -0.2) is 25.5 Å². The second-order valence-electron chi connectivity index (χ2n) is 2.61. The van der Waals surface area contributed by atoms with Gasteiger partial charge >= 0.3 is 5.97 Å². The first-order valence-corrected chi connectivity index (χ1v) is 5.54. The summed E-state index contributed by atoms with van der Waals surface area (Å²) in [5, 5.41) is 2.47. The third-order valence-corrected chi connectivity index (χ3v) is 2.03. The quantitative estimate of drug-likeness (QED) is 0.458. The van der Waals surface area contributed by atoms with Crippen LogP contribution in [0.4, 0.5) is 0 Å². The van der Waals surface area contributed by atoms with Gasteiger partial charge in [0.25, 0.3) is 0 Å². The highest BCUT2D eigenvalue weighted by molar-refractivity contribution is 14.1. The topological polar surface area (TPSA) is 55.4 Å². The highest BCUT2D eigenvalue weighted by Gasteiger charge is 2.03. The average molecular weight is 311 g/mol. The van der Waals surface area contributed by atoms with Crippen LogP contribution in [0.1, 0.15) is 19.3 Å². The van der Waals surface area contributed by atoms with Gasteiger partial charge < -0.3 is 10.1 Å². The van der Waals surface area contributed by atoms with Crippen LogP contribution in [0.5, 0.6) is 0 Å².